The predicted molar refractivity (Wildman–Crippen MR) is 47.6 cm³/mol. The van der Waals surface area contributed by atoms with Crippen LogP contribution in [0.5, 0.6) is 0 Å². The molecule has 0 fully saturated rings. The molecule has 0 aromatic carbocycles. The van der Waals surface area contributed by atoms with E-state index in [2.05, 4.69) is 13.5 Å². The summed E-state index contributed by atoms with van der Waals surface area (Å²) in [6, 6.07) is 0. The molecule has 0 aromatic heterocycles. The lowest BCUT2D eigenvalue weighted by Gasteiger charge is -1.87. The maximum Gasteiger partial charge on any atom is 0.300 e. The van der Waals surface area contributed by atoms with Gasteiger partial charge < -0.3 is 5.11 Å². The Bertz CT molecular complexity index is 93.7. The Hall–Kier alpha value is -0.790. The summed E-state index contributed by atoms with van der Waals surface area (Å²) in [5.74, 6) is -0.833. The van der Waals surface area contributed by atoms with Crippen molar-refractivity contribution >= 4 is 5.97 Å². The Morgan fingerprint density at radius 3 is 2.27 bits per heavy atom. The fourth-order valence-electron chi connectivity index (χ4n) is 0.539. The van der Waals surface area contributed by atoms with Gasteiger partial charge in [0.25, 0.3) is 5.97 Å². The molecular formula is C9H18O2. The van der Waals surface area contributed by atoms with Crippen LogP contribution < -0.4 is 0 Å². The van der Waals surface area contributed by atoms with Gasteiger partial charge in [0.15, 0.2) is 0 Å². The molecule has 0 aliphatic carbocycles. The number of carbonyl (C=O) groups is 1. The second kappa shape index (κ2) is 11.9. The van der Waals surface area contributed by atoms with Gasteiger partial charge in [-0.25, -0.2) is 0 Å². The van der Waals surface area contributed by atoms with E-state index in [1.807, 2.05) is 6.08 Å². The molecule has 0 amide bonds. The molecule has 0 aliphatic rings. The lowest BCUT2D eigenvalue weighted by molar-refractivity contribution is -0.134. The van der Waals surface area contributed by atoms with Crippen molar-refractivity contribution in [2.45, 2.75) is 39.5 Å². The van der Waals surface area contributed by atoms with Crippen LogP contribution in [0, 0.1) is 0 Å². The van der Waals surface area contributed by atoms with E-state index in [1.54, 1.807) is 0 Å². The average molecular weight is 158 g/mol. The number of rotatable bonds is 4. The summed E-state index contributed by atoms with van der Waals surface area (Å²) in [5, 5.41) is 7.42. The third-order valence-corrected chi connectivity index (χ3v) is 1.01. The zero-order valence-corrected chi connectivity index (χ0v) is 7.47. The molecule has 0 atom stereocenters. The van der Waals surface area contributed by atoms with Crippen LogP contribution in [0.2, 0.25) is 0 Å². The number of carboxylic acid groups (broad SMARTS) is 1. The zero-order chi connectivity index (χ0) is 9.11. The van der Waals surface area contributed by atoms with Crippen molar-refractivity contribution < 1.29 is 9.90 Å². The second-order valence-electron chi connectivity index (χ2n) is 2.30. The van der Waals surface area contributed by atoms with E-state index < -0.39 is 5.97 Å². The van der Waals surface area contributed by atoms with Crippen LogP contribution in [-0.2, 0) is 4.79 Å². The Labute approximate surface area is 68.9 Å². The molecule has 2 nitrogen and oxygen atoms in total. The van der Waals surface area contributed by atoms with Crippen molar-refractivity contribution in [3.63, 3.8) is 0 Å². The van der Waals surface area contributed by atoms with E-state index in [4.69, 9.17) is 9.90 Å². The predicted octanol–water partition coefficient (Wildman–Crippen LogP) is 2.84. The molecule has 0 bridgehead atoms. The van der Waals surface area contributed by atoms with E-state index in [0.29, 0.717) is 0 Å². The molecule has 11 heavy (non-hydrogen) atoms. The van der Waals surface area contributed by atoms with Crippen molar-refractivity contribution in [2.75, 3.05) is 0 Å². The first-order chi connectivity index (χ1) is 5.15. The van der Waals surface area contributed by atoms with Gasteiger partial charge in [-0.2, -0.15) is 0 Å². The van der Waals surface area contributed by atoms with E-state index >= 15 is 0 Å². The molecule has 66 valence electrons. The van der Waals surface area contributed by atoms with Crippen LogP contribution in [0.3, 0.4) is 0 Å². The largest absolute Gasteiger partial charge is 0.481 e. The molecule has 0 unspecified atom stereocenters. The number of allylic oxidation sites excluding steroid dienone is 1. The van der Waals surface area contributed by atoms with Crippen LogP contribution in [0.4, 0.5) is 0 Å². The first-order valence-electron chi connectivity index (χ1n) is 3.95. The SMILES string of the molecule is C=CCCCCC.CC(=O)O. The molecule has 1 N–H and O–H groups in total. The van der Waals surface area contributed by atoms with Crippen LogP contribution in [0.1, 0.15) is 39.5 Å². The van der Waals surface area contributed by atoms with Crippen molar-refractivity contribution in [1.29, 1.82) is 0 Å². The summed E-state index contributed by atoms with van der Waals surface area (Å²) in [6.07, 6.45) is 7.16. The quantitative estimate of drug-likeness (QED) is 0.504. The molecule has 0 saturated carbocycles. The Kier molecular flexibility index (Phi) is 13.9. The molecule has 0 aliphatic heterocycles. The minimum atomic E-state index is -0.833. The van der Waals surface area contributed by atoms with Gasteiger partial charge in [-0.3, -0.25) is 4.79 Å². The smallest absolute Gasteiger partial charge is 0.300 e. The summed E-state index contributed by atoms with van der Waals surface area (Å²) in [4.78, 5) is 9.00. The van der Waals surface area contributed by atoms with E-state index in [9.17, 15) is 0 Å². The van der Waals surface area contributed by atoms with Gasteiger partial charge in [0.05, 0.1) is 0 Å². The average Bonchev–Trinajstić information content (AvgIpc) is 1.88. The molecule has 0 heterocycles. The van der Waals surface area contributed by atoms with E-state index in [-0.39, 0.29) is 0 Å². The van der Waals surface area contributed by atoms with E-state index in [0.717, 1.165) is 6.92 Å². The van der Waals surface area contributed by atoms with Crippen molar-refractivity contribution in [3.05, 3.63) is 12.7 Å². The molecule has 2 heteroatoms. The Morgan fingerprint density at radius 1 is 1.55 bits per heavy atom. The lowest BCUT2D eigenvalue weighted by atomic mass is 10.2. The van der Waals surface area contributed by atoms with Gasteiger partial charge in [-0.15, -0.1) is 6.58 Å². The number of aliphatic carboxylic acids is 1. The standard InChI is InChI=1S/C7H14.C2H4O2/c1-3-5-7-6-4-2;1-2(3)4/h3H,1,4-7H2,2H3;1H3,(H,3,4). The number of unbranched alkanes of at least 4 members (excludes halogenated alkanes) is 3. The number of hydrogen-bond acceptors (Lipinski definition) is 1. The fourth-order valence-corrected chi connectivity index (χ4v) is 0.539. The third kappa shape index (κ3) is 46.5. The van der Waals surface area contributed by atoms with Gasteiger partial charge >= 0.3 is 0 Å². The summed E-state index contributed by atoms with van der Waals surface area (Å²) in [5.41, 5.74) is 0. The fraction of sp³-hybridized carbons (Fsp3) is 0.667. The second-order valence-corrected chi connectivity index (χ2v) is 2.30. The van der Waals surface area contributed by atoms with Gasteiger partial charge in [0, 0.05) is 6.92 Å². The van der Waals surface area contributed by atoms with Crippen LogP contribution >= 0.6 is 0 Å². The van der Waals surface area contributed by atoms with Gasteiger partial charge in [0.2, 0.25) is 0 Å². The van der Waals surface area contributed by atoms with Crippen LogP contribution in [-0.4, -0.2) is 11.1 Å². The number of hydrogen-bond donors (Lipinski definition) is 1. The van der Waals surface area contributed by atoms with Gasteiger partial charge in [0.1, 0.15) is 0 Å². The van der Waals surface area contributed by atoms with Gasteiger partial charge in [-0.1, -0.05) is 25.8 Å². The normalized spacial score (nSPS) is 7.82. The lowest BCUT2D eigenvalue weighted by Crippen LogP contribution is -1.78. The highest BCUT2D eigenvalue weighted by atomic mass is 16.4. The minimum Gasteiger partial charge on any atom is -0.481 e. The molecule has 0 radical (unpaired) electrons. The van der Waals surface area contributed by atoms with Crippen molar-refractivity contribution in [1.82, 2.24) is 0 Å². The topological polar surface area (TPSA) is 37.3 Å². The van der Waals surface area contributed by atoms with Crippen molar-refractivity contribution in [3.8, 4) is 0 Å². The van der Waals surface area contributed by atoms with E-state index in [1.165, 1.54) is 25.7 Å². The Balaban J connectivity index is 0. The van der Waals surface area contributed by atoms with Gasteiger partial charge in [-0.05, 0) is 12.8 Å². The maximum atomic E-state index is 9.00. The monoisotopic (exact) mass is 158 g/mol. The highest BCUT2D eigenvalue weighted by Gasteiger charge is 1.77. The van der Waals surface area contributed by atoms with Crippen LogP contribution in [0.15, 0.2) is 12.7 Å². The maximum absolute atomic E-state index is 9.00. The minimum absolute atomic E-state index is 0.833. The molecule has 0 saturated heterocycles. The Morgan fingerprint density at radius 2 is 2.00 bits per heavy atom. The molecule has 0 spiro atoms. The summed E-state index contributed by atoms with van der Waals surface area (Å²) in [6.45, 7) is 6.93. The first-order valence-corrected chi connectivity index (χ1v) is 3.95. The van der Waals surface area contributed by atoms with Crippen molar-refractivity contribution in [2.24, 2.45) is 0 Å². The van der Waals surface area contributed by atoms with Crippen LogP contribution in [0.25, 0.3) is 0 Å². The summed E-state index contributed by atoms with van der Waals surface area (Å²) < 4.78 is 0. The number of carboxylic acids is 1. The molecular weight excluding hydrogens is 140 g/mol. The highest BCUT2D eigenvalue weighted by Crippen LogP contribution is 1.97. The zero-order valence-electron chi connectivity index (χ0n) is 7.47. The summed E-state index contributed by atoms with van der Waals surface area (Å²) >= 11 is 0. The third-order valence-electron chi connectivity index (χ3n) is 1.01. The molecule has 0 rings (SSSR count). The highest BCUT2D eigenvalue weighted by molar-refractivity contribution is 5.62. The molecule has 0 aromatic rings. The summed E-state index contributed by atoms with van der Waals surface area (Å²) in [7, 11) is 0. The first kappa shape index (κ1) is 12.8.